The van der Waals surface area contributed by atoms with Crippen molar-refractivity contribution in [1.29, 1.82) is 0 Å². The third-order valence-electron chi connectivity index (χ3n) is 5.60. The van der Waals surface area contributed by atoms with Gasteiger partial charge in [0.05, 0.1) is 17.0 Å². The molecule has 0 fully saturated rings. The molecule has 0 spiro atoms. The van der Waals surface area contributed by atoms with Crippen molar-refractivity contribution in [3.63, 3.8) is 0 Å². The van der Waals surface area contributed by atoms with E-state index in [9.17, 15) is 14.8 Å². The Kier molecular flexibility index (Phi) is 4.51. The summed E-state index contributed by atoms with van der Waals surface area (Å²) < 4.78 is 0.601. The molecule has 0 saturated heterocycles. The second kappa shape index (κ2) is 7.36. The maximum Gasteiger partial charge on any atom is 0.272 e. The maximum absolute atomic E-state index is 13.4. The lowest BCUT2D eigenvalue weighted by Gasteiger charge is -2.21. The maximum atomic E-state index is 13.4. The Hall–Kier alpha value is -4.00. The summed E-state index contributed by atoms with van der Waals surface area (Å²) in [5, 5.41) is 14.0. The zero-order chi connectivity index (χ0) is 21.5. The van der Waals surface area contributed by atoms with Gasteiger partial charge >= 0.3 is 0 Å². The van der Waals surface area contributed by atoms with Crippen molar-refractivity contribution >= 4 is 23.2 Å². The molecule has 3 heterocycles. The van der Waals surface area contributed by atoms with Crippen LogP contribution in [0.1, 0.15) is 32.6 Å². The highest BCUT2D eigenvalue weighted by Gasteiger charge is 2.37. The summed E-state index contributed by atoms with van der Waals surface area (Å²) in [6.45, 7) is 2.59. The third-order valence-corrected chi connectivity index (χ3v) is 5.60. The van der Waals surface area contributed by atoms with Crippen molar-refractivity contribution in [3.05, 3.63) is 100 Å². The molecule has 1 aromatic heterocycles. The van der Waals surface area contributed by atoms with Crippen molar-refractivity contribution in [2.75, 3.05) is 11.4 Å². The molecule has 2 aliphatic rings. The Bertz CT molecular complexity index is 1220. The molecule has 0 bridgehead atoms. The molecule has 7 nitrogen and oxygen atoms in total. The third kappa shape index (κ3) is 3.34. The normalized spacial score (nSPS) is 17.1. The van der Waals surface area contributed by atoms with Crippen molar-refractivity contribution < 1.29 is 14.3 Å². The molecule has 0 unspecified atom stereocenters. The molecular formula is C24H20N4O3. The zero-order valence-corrected chi connectivity index (χ0v) is 16.9. The lowest BCUT2D eigenvalue weighted by atomic mass is 9.96. The fourth-order valence-corrected chi connectivity index (χ4v) is 4.20. The largest absolute Gasteiger partial charge is 0.619 e. The van der Waals surface area contributed by atoms with Crippen LogP contribution in [0, 0.1) is 12.1 Å². The number of amides is 2. The standard InChI is InChI=1S/C24H20N4O3/c1-15-13-18-9-12-28-21(18)19(14-15)20(16-5-3-2-4-6-16)25-22(24(28)30)26-23(29)17-7-10-27(31)11-8-17/h2-8,10-11,13-14,22H,9,12H2,1H3,(H,26,29)/t22-/m0/s1. The molecule has 31 heavy (non-hydrogen) atoms. The summed E-state index contributed by atoms with van der Waals surface area (Å²) >= 11 is 0. The number of pyridine rings is 1. The van der Waals surface area contributed by atoms with Gasteiger partial charge < -0.3 is 15.4 Å². The first kappa shape index (κ1) is 19.0. The van der Waals surface area contributed by atoms with Gasteiger partial charge in [0.15, 0.2) is 12.4 Å². The molecule has 2 aromatic carbocycles. The van der Waals surface area contributed by atoms with E-state index in [4.69, 9.17) is 4.99 Å². The van der Waals surface area contributed by atoms with Gasteiger partial charge in [0, 0.05) is 29.8 Å². The van der Waals surface area contributed by atoms with E-state index in [-0.39, 0.29) is 11.5 Å². The summed E-state index contributed by atoms with van der Waals surface area (Å²) in [4.78, 5) is 32.7. The number of aliphatic imine (C=N–C) groups is 1. The van der Waals surface area contributed by atoms with Crippen LogP contribution < -0.4 is 14.9 Å². The quantitative estimate of drug-likeness (QED) is 0.528. The average Bonchev–Trinajstić information content (AvgIpc) is 3.15. The van der Waals surface area contributed by atoms with Gasteiger partial charge in [-0.3, -0.25) is 9.59 Å². The van der Waals surface area contributed by atoms with Crippen LogP contribution in [-0.2, 0) is 11.2 Å². The van der Waals surface area contributed by atoms with Gasteiger partial charge in [0.2, 0.25) is 6.17 Å². The minimum atomic E-state index is -1.07. The lowest BCUT2D eigenvalue weighted by molar-refractivity contribution is -0.605. The van der Waals surface area contributed by atoms with Crippen molar-refractivity contribution in [2.45, 2.75) is 19.5 Å². The molecular weight excluding hydrogens is 392 g/mol. The van der Waals surface area contributed by atoms with E-state index in [0.29, 0.717) is 17.0 Å². The SMILES string of the molecule is Cc1cc2c3c(c1)C(c1ccccc1)=N[C@@H](NC(=O)c1cc[n+]([O-])cc1)C(=O)N3CC2. The van der Waals surface area contributed by atoms with Crippen LogP contribution in [0.15, 0.2) is 72.0 Å². The molecule has 3 aromatic rings. The van der Waals surface area contributed by atoms with Crippen LogP contribution in [0.3, 0.4) is 0 Å². The van der Waals surface area contributed by atoms with E-state index in [1.807, 2.05) is 43.3 Å². The monoisotopic (exact) mass is 412 g/mol. The Morgan fingerprint density at radius 2 is 1.90 bits per heavy atom. The first-order valence-electron chi connectivity index (χ1n) is 10.1. The summed E-state index contributed by atoms with van der Waals surface area (Å²) in [5.74, 6) is -0.727. The molecule has 1 N–H and O–H groups in total. The number of hydrogen-bond donors (Lipinski definition) is 1. The number of aromatic nitrogens is 1. The van der Waals surface area contributed by atoms with E-state index in [2.05, 4.69) is 11.4 Å². The summed E-state index contributed by atoms with van der Waals surface area (Å²) in [6.07, 6.45) is 2.18. The first-order chi connectivity index (χ1) is 15.0. The van der Waals surface area contributed by atoms with Gasteiger partial charge in [-0.15, -0.1) is 0 Å². The van der Waals surface area contributed by atoms with E-state index in [1.165, 1.54) is 24.5 Å². The summed E-state index contributed by atoms with van der Waals surface area (Å²) in [7, 11) is 0. The van der Waals surface area contributed by atoms with Crippen LogP contribution >= 0.6 is 0 Å². The number of benzene rings is 2. The molecule has 2 amide bonds. The topological polar surface area (TPSA) is 88.7 Å². The van der Waals surface area contributed by atoms with Gasteiger partial charge in [0.1, 0.15) is 0 Å². The van der Waals surface area contributed by atoms with Crippen LogP contribution in [0.5, 0.6) is 0 Å². The predicted molar refractivity (Wildman–Crippen MR) is 116 cm³/mol. The van der Waals surface area contributed by atoms with Gasteiger partial charge in [-0.25, -0.2) is 4.99 Å². The van der Waals surface area contributed by atoms with Crippen LogP contribution in [0.2, 0.25) is 0 Å². The number of hydrogen-bond acceptors (Lipinski definition) is 4. The Labute approximate surface area is 179 Å². The molecule has 0 saturated carbocycles. The Morgan fingerprint density at radius 1 is 1.16 bits per heavy atom. The number of carbonyl (C=O) groups is 2. The Balaban J connectivity index is 1.61. The molecule has 2 aliphatic heterocycles. The second-order valence-corrected chi connectivity index (χ2v) is 7.73. The number of nitrogens with zero attached hydrogens (tertiary/aromatic N) is 3. The number of aryl methyl sites for hydroxylation is 1. The van der Waals surface area contributed by atoms with Gasteiger partial charge in [-0.05, 0) is 25.0 Å². The minimum absolute atomic E-state index is 0.266. The van der Waals surface area contributed by atoms with E-state index < -0.39 is 12.1 Å². The highest BCUT2D eigenvalue weighted by atomic mass is 16.5. The van der Waals surface area contributed by atoms with Gasteiger partial charge in [0.25, 0.3) is 11.8 Å². The van der Waals surface area contributed by atoms with Gasteiger partial charge in [-0.1, -0.05) is 42.0 Å². The highest BCUT2D eigenvalue weighted by molar-refractivity contribution is 6.21. The smallest absolute Gasteiger partial charge is 0.272 e. The summed E-state index contributed by atoms with van der Waals surface area (Å²) in [6, 6.07) is 16.7. The van der Waals surface area contributed by atoms with Crippen molar-refractivity contribution in [2.24, 2.45) is 4.99 Å². The van der Waals surface area contributed by atoms with Crippen LogP contribution in [0.4, 0.5) is 5.69 Å². The number of anilines is 1. The van der Waals surface area contributed by atoms with E-state index in [0.717, 1.165) is 34.4 Å². The van der Waals surface area contributed by atoms with E-state index >= 15 is 0 Å². The van der Waals surface area contributed by atoms with Crippen LogP contribution in [-0.4, -0.2) is 30.2 Å². The molecule has 5 rings (SSSR count). The Morgan fingerprint density at radius 3 is 2.65 bits per heavy atom. The summed E-state index contributed by atoms with van der Waals surface area (Å²) in [5.41, 5.74) is 5.83. The average molecular weight is 412 g/mol. The predicted octanol–water partition coefficient (Wildman–Crippen LogP) is 2.12. The molecule has 7 heteroatoms. The lowest BCUT2D eigenvalue weighted by Crippen LogP contribution is -2.47. The number of nitrogens with one attached hydrogen (secondary N) is 1. The number of carbonyl (C=O) groups excluding carboxylic acids is 2. The molecule has 0 aliphatic carbocycles. The van der Waals surface area contributed by atoms with Gasteiger partial charge in [-0.2, -0.15) is 4.73 Å². The fourth-order valence-electron chi connectivity index (χ4n) is 4.20. The fraction of sp³-hybridized carbons (Fsp3) is 0.167. The highest BCUT2D eigenvalue weighted by Crippen LogP contribution is 2.37. The van der Waals surface area contributed by atoms with Crippen molar-refractivity contribution in [3.8, 4) is 0 Å². The second-order valence-electron chi connectivity index (χ2n) is 7.73. The van der Waals surface area contributed by atoms with Crippen molar-refractivity contribution in [1.82, 2.24) is 5.32 Å². The molecule has 1 atom stereocenters. The number of rotatable bonds is 3. The van der Waals surface area contributed by atoms with E-state index in [1.54, 1.807) is 4.90 Å². The zero-order valence-electron chi connectivity index (χ0n) is 16.9. The first-order valence-corrected chi connectivity index (χ1v) is 10.1. The molecule has 154 valence electrons. The molecule has 0 radical (unpaired) electrons. The van der Waals surface area contributed by atoms with Crippen LogP contribution in [0.25, 0.3) is 0 Å². The minimum Gasteiger partial charge on any atom is -0.619 e.